The molecule has 0 amide bonds. The highest BCUT2D eigenvalue weighted by Crippen LogP contribution is 2.28. The minimum Gasteiger partial charge on any atom is -0.493 e. The van der Waals surface area contributed by atoms with Gasteiger partial charge in [0.1, 0.15) is 0 Å². The molecule has 1 fully saturated rings. The van der Waals surface area contributed by atoms with Gasteiger partial charge in [0.15, 0.2) is 11.5 Å². The lowest BCUT2D eigenvalue weighted by molar-refractivity contribution is 0.0368. The standard InChI is InChI=1S/C23H32N2O5S/c1-28-22-10-9-21(17-23(22)29-2)18-25(12-6-11-24-13-15-30-16-14-24)31(26,27)19-20-7-4-3-5-8-20/h3-5,7-10,17H,6,11-16,18-19H2,1-2H3. The van der Waals surface area contributed by atoms with E-state index in [-0.39, 0.29) is 5.75 Å². The Morgan fingerprint density at radius 2 is 1.68 bits per heavy atom. The van der Waals surface area contributed by atoms with Crippen LogP contribution in [0.2, 0.25) is 0 Å². The minimum atomic E-state index is -3.49. The number of hydrogen-bond acceptors (Lipinski definition) is 6. The summed E-state index contributed by atoms with van der Waals surface area (Å²) >= 11 is 0. The van der Waals surface area contributed by atoms with Crippen molar-refractivity contribution in [1.29, 1.82) is 0 Å². The average Bonchev–Trinajstić information content (AvgIpc) is 2.79. The summed E-state index contributed by atoms with van der Waals surface area (Å²) in [5.74, 6) is 1.20. The van der Waals surface area contributed by atoms with E-state index in [1.807, 2.05) is 48.5 Å². The smallest absolute Gasteiger partial charge is 0.218 e. The van der Waals surface area contributed by atoms with E-state index < -0.39 is 10.0 Å². The fourth-order valence-electron chi connectivity index (χ4n) is 3.67. The van der Waals surface area contributed by atoms with Gasteiger partial charge in [-0.25, -0.2) is 8.42 Å². The van der Waals surface area contributed by atoms with Gasteiger partial charge in [-0.3, -0.25) is 4.90 Å². The maximum atomic E-state index is 13.3. The van der Waals surface area contributed by atoms with Crippen LogP contribution in [0.4, 0.5) is 0 Å². The van der Waals surface area contributed by atoms with Crippen molar-refractivity contribution in [3.05, 3.63) is 59.7 Å². The molecule has 8 heteroatoms. The van der Waals surface area contributed by atoms with Crippen molar-refractivity contribution in [2.75, 3.05) is 53.6 Å². The molecule has 0 aromatic heterocycles. The molecular formula is C23H32N2O5S. The Hall–Kier alpha value is -2.13. The van der Waals surface area contributed by atoms with Gasteiger partial charge >= 0.3 is 0 Å². The molecular weight excluding hydrogens is 416 g/mol. The van der Waals surface area contributed by atoms with Gasteiger partial charge in [0.25, 0.3) is 0 Å². The number of methoxy groups -OCH3 is 2. The van der Waals surface area contributed by atoms with Gasteiger partial charge in [0.2, 0.25) is 10.0 Å². The molecule has 0 N–H and O–H groups in total. The fraction of sp³-hybridized carbons (Fsp3) is 0.478. The third-order valence-corrected chi connectivity index (χ3v) is 7.17. The molecule has 0 unspecified atom stereocenters. The van der Waals surface area contributed by atoms with Gasteiger partial charge in [-0.05, 0) is 36.2 Å². The second kappa shape index (κ2) is 11.5. The van der Waals surface area contributed by atoms with E-state index in [4.69, 9.17) is 14.2 Å². The molecule has 0 bridgehead atoms. The third-order valence-electron chi connectivity index (χ3n) is 5.38. The summed E-state index contributed by atoms with van der Waals surface area (Å²) in [6.07, 6.45) is 0.765. The van der Waals surface area contributed by atoms with Gasteiger partial charge in [-0.15, -0.1) is 0 Å². The fourth-order valence-corrected chi connectivity index (χ4v) is 5.22. The SMILES string of the molecule is COc1ccc(CN(CCCN2CCOCC2)S(=O)(=O)Cc2ccccc2)cc1OC. The van der Waals surface area contributed by atoms with Crippen molar-refractivity contribution in [1.82, 2.24) is 9.21 Å². The predicted molar refractivity (Wildman–Crippen MR) is 121 cm³/mol. The number of morpholine rings is 1. The molecule has 3 rings (SSSR count). The minimum absolute atomic E-state index is 0.0152. The van der Waals surface area contributed by atoms with Crippen molar-refractivity contribution >= 4 is 10.0 Å². The molecule has 2 aromatic carbocycles. The van der Waals surface area contributed by atoms with Gasteiger partial charge in [-0.1, -0.05) is 36.4 Å². The number of hydrogen-bond donors (Lipinski definition) is 0. The van der Waals surface area contributed by atoms with E-state index >= 15 is 0 Å². The first-order valence-electron chi connectivity index (χ1n) is 10.5. The number of rotatable bonds is 11. The Bertz CT molecular complexity index is 915. The summed E-state index contributed by atoms with van der Waals surface area (Å²) in [5.41, 5.74) is 1.65. The van der Waals surface area contributed by atoms with Crippen molar-refractivity contribution < 1.29 is 22.6 Å². The summed E-state index contributed by atoms with van der Waals surface area (Å²) < 4.78 is 44.3. The van der Waals surface area contributed by atoms with E-state index in [1.165, 1.54) is 0 Å². The van der Waals surface area contributed by atoms with Crippen LogP contribution in [0.5, 0.6) is 11.5 Å². The highest BCUT2D eigenvalue weighted by Gasteiger charge is 2.23. The average molecular weight is 449 g/mol. The summed E-state index contributed by atoms with van der Waals surface area (Å²) in [4.78, 5) is 2.32. The zero-order valence-corrected chi connectivity index (χ0v) is 19.1. The first-order valence-corrected chi connectivity index (χ1v) is 12.2. The second-order valence-electron chi connectivity index (χ2n) is 7.57. The van der Waals surface area contributed by atoms with Crippen LogP contribution in [0.15, 0.2) is 48.5 Å². The van der Waals surface area contributed by atoms with Gasteiger partial charge in [0.05, 0.1) is 33.2 Å². The third kappa shape index (κ3) is 6.93. The zero-order valence-electron chi connectivity index (χ0n) is 18.3. The zero-order chi connectivity index (χ0) is 22.1. The maximum absolute atomic E-state index is 13.3. The highest BCUT2D eigenvalue weighted by molar-refractivity contribution is 7.88. The van der Waals surface area contributed by atoms with E-state index in [1.54, 1.807) is 18.5 Å². The van der Waals surface area contributed by atoms with E-state index in [0.717, 1.165) is 50.4 Å². The van der Waals surface area contributed by atoms with Crippen LogP contribution in [-0.2, 0) is 27.1 Å². The van der Waals surface area contributed by atoms with Crippen molar-refractivity contribution in [3.8, 4) is 11.5 Å². The molecule has 1 aliphatic rings. The van der Waals surface area contributed by atoms with Crippen LogP contribution in [0.25, 0.3) is 0 Å². The number of ether oxygens (including phenoxy) is 3. The van der Waals surface area contributed by atoms with Gasteiger partial charge < -0.3 is 14.2 Å². The highest BCUT2D eigenvalue weighted by atomic mass is 32.2. The normalized spacial score (nSPS) is 15.2. The topological polar surface area (TPSA) is 68.3 Å². The van der Waals surface area contributed by atoms with Crippen molar-refractivity contribution in [2.45, 2.75) is 18.7 Å². The van der Waals surface area contributed by atoms with Crippen LogP contribution in [-0.4, -0.2) is 71.2 Å². The predicted octanol–water partition coefficient (Wildman–Crippen LogP) is 2.76. The monoisotopic (exact) mass is 448 g/mol. The Balaban J connectivity index is 1.74. The Kier molecular flexibility index (Phi) is 8.71. The first kappa shape index (κ1) is 23.5. The molecule has 31 heavy (non-hydrogen) atoms. The molecule has 2 aromatic rings. The van der Waals surface area contributed by atoms with Crippen LogP contribution in [0.3, 0.4) is 0 Å². The number of sulfonamides is 1. The lowest BCUT2D eigenvalue weighted by atomic mass is 10.2. The molecule has 0 atom stereocenters. The molecule has 0 aliphatic carbocycles. The molecule has 0 radical (unpaired) electrons. The molecule has 0 spiro atoms. The largest absolute Gasteiger partial charge is 0.493 e. The van der Waals surface area contributed by atoms with Crippen molar-refractivity contribution in [3.63, 3.8) is 0 Å². The Morgan fingerprint density at radius 3 is 2.35 bits per heavy atom. The van der Waals surface area contributed by atoms with Crippen LogP contribution in [0.1, 0.15) is 17.5 Å². The van der Waals surface area contributed by atoms with Crippen molar-refractivity contribution in [2.24, 2.45) is 0 Å². The Labute approximate surface area is 185 Å². The Morgan fingerprint density at radius 1 is 0.968 bits per heavy atom. The lowest BCUT2D eigenvalue weighted by Gasteiger charge is -2.28. The van der Waals surface area contributed by atoms with Crippen LogP contribution < -0.4 is 9.47 Å². The van der Waals surface area contributed by atoms with Crippen LogP contribution >= 0.6 is 0 Å². The quantitative estimate of drug-likeness (QED) is 0.527. The number of benzene rings is 2. The van der Waals surface area contributed by atoms with Gasteiger partial charge in [-0.2, -0.15) is 4.31 Å². The summed E-state index contributed by atoms with van der Waals surface area (Å²) in [6, 6.07) is 14.8. The first-order chi connectivity index (χ1) is 15.0. The molecule has 170 valence electrons. The van der Waals surface area contributed by atoms with Gasteiger partial charge in [0, 0.05) is 26.2 Å². The summed E-state index contributed by atoms with van der Waals surface area (Å²) in [7, 11) is -0.333. The molecule has 1 heterocycles. The molecule has 0 saturated carbocycles. The van der Waals surface area contributed by atoms with E-state index in [2.05, 4.69) is 4.90 Å². The molecule has 1 saturated heterocycles. The summed E-state index contributed by atoms with van der Waals surface area (Å²) in [6.45, 7) is 4.87. The lowest BCUT2D eigenvalue weighted by Crippen LogP contribution is -2.39. The number of nitrogens with zero attached hydrogens (tertiary/aromatic N) is 2. The van der Waals surface area contributed by atoms with Crippen LogP contribution in [0, 0.1) is 0 Å². The van der Waals surface area contributed by atoms with E-state index in [0.29, 0.717) is 24.6 Å². The summed E-state index contributed by atoms with van der Waals surface area (Å²) in [5, 5.41) is 0. The maximum Gasteiger partial charge on any atom is 0.218 e. The molecule has 1 aliphatic heterocycles. The molecule has 7 nitrogen and oxygen atoms in total. The second-order valence-corrected chi connectivity index (χ2v) is 9.54. The van der Waals surface area contributed by atoms with E-state index in [9.17, 15) is 8.42 Å².